The number of benzene rings is 1. The molecule has 2 saturated carbocycles. The van der Waals surface area contributed by atoms with Crippen molar-refractivity contribution in [3.63, 3.8) is 0 Å². The van der Waals surface area contributed by atoms with Crippen molar-refractivity contribution in [3.8, 4) is 5.75 Å². The van der Waals surface area contributed by atoms with E-state index in [0.717, 1.165) is 17.5 Å². The van der Waals surface area contributed by atoms with Gasteiger partial charge in [0.2, 0.25) is 0 Å². The summed E-state index contributed by atoms with van der Waals surface area (Å²) in [6.07, 6.45) is -1.18. The normalized spacial score (nSPS) is 52.5. The molecule has 3 aliphatic carbocycles. The van der Waals surface area contributed by atoms with Crippen molar-refractivity contribution >= 4 is 0 Å². The lowest BCUT2D eigenvalue weighted by molar-refractivity contribution is -0.0226. The molecule has 108 valence electrons. The maximum absolute atomic E-state index is 10.7. The lowest BCUT2D eigenvalue weighted by Crippen LogP contribution is -2.43. The molecule has 1 aromatic carbocycles. The Bertz CT molecular complexity index is 747. The van der Waals surface area contributed by atoms with E-state index in [2.05, 4.69) is 0 Å². The molecule has 0 heterocycles. The van der Waals surface area contributed by atoms with Gasteiger partial charge in [-0.15, -0.1) is 0 Å². The Morgan fingerprint density at radius 1 is 1.45 bits per heavy atom. The molecule has 3 aliphatic rings. The van der Waals surface area contributed by atoms with Crippen molar-refractivity contribution in [3.05, 3.63) is 29.3 Å². The number of hydrogen-bond donors (Lipinski definition) is 2. The zero-order chi connectivity index (χ0) is 18.4. The second-order valence-corrected chi connectivity index (χ2v) is 6.80. The first-order valence-electron chi connectivity index (χ1n) is 10.1. The fourth-order valence-corrected chi connectivity index (χ4v) is 4.81. The maximum atomic E-state index is 10.7. The second-order valence-electron chi connectivity index (χ2n) is 6.80. The Labute approximate surface area is 127 Å². The average Bonchev–Trinajstić information content (AvgIpc) is 2.68. The predicted molar refractivity (Wildman–Crippen MR) is 78.7 cm³/mol. The Kier molecular flexibility index (Phi) is 1.79. The molecule has 2 fully saturated rings. The zero-order valence-electron chi connectivity index (χ0n) is 16.7. The first kappa shape index (κ1) is 8.43. The highest BCUT2D eigenvalue weighted by atomic mass is 16.3. The van der Waals surface area contributed by atoms with Crippen LogP contribution in [0.2, 0.25) is 0 Å². The summed E-state index contributed by atoms with van der Waals surface area (Å²) in [6.45, 7) is 1.85. The summed E-state index contributed by atoms with van der Waals surface area (Å²) in [5.74, 6) is -0.103. The van der Waals surface area contributed by atoms with E-state index in [4.69, 9.17) is 6.85 Å². The molecule has 0 unspecified atom stereocenters. The molecule has 0 aliphatic heterocycles. The highest BCUT2D eigenvalue weighted by Crippen LogP contribution is 2.60. The van der Waals surface area contributed by atoms with Crippen molar-refractivity contribution in [1.29, 1.82) is 0 Å². The molecule has 2 N–H and O–H groups in total. The number of aliphatic hydroxyl groups is 1. The molecule has 4 rings (SSSR count). The second kappa shape index (κ2) is 4.24. The van der Waals surface area contributed by atoms with Gasteiger partial charge in [0.25, 0.3) is 0 Å². The van der Waals surface area contributed by atoms with Gasteiger partial charge in [-0.2, -0.15) is 0 Å². The molecule has 2 heteroatoms. The predicted octanol–water partition coefficient (Wildman–Crippen LogP) is 3.61. The third-order valence-corrected chi connectivity index (χ3v) is 5.97. The Morgan fingerprint density at radius 3 is 3.15 bits per heavy atom. The molecule has 0 aromatic heterocycles. The van der Waals surface area contributed by atoms with E-state index in [1.807, 2.05) is 6.92 Å². The van der Waals surface area contributed by atoms with Gasteiger partial charge in [-0.1, -0.05) is 13.0 Å². The summed E-state index contributed by atoms with van der Waals surface area (Å²) < 4.78 is 40.8. The van der Waals surface area contributed by atoms with E-state index in [9.17, 15) is 10.2 Å². The van der Waals surface area contributed by atoms with Gasteiger partial charge < -0.3 is 10.2 Å². The van der Waals surface area contributed by atoms with E-state index in [1.54, 1.807) is 6.07 Å². The largest absolute Gasteiger partial charge is 0.508 e. The summed E-state index contributed by atoms with van der Waals surface area (Å²) in [5, 5.41) is 20.6. The Hall–Kier alpha value is -1.02. The molecule has 5 atom stereocenters. The smallest absolute Gasteiger partial charge is 0.115 e. The van der Waals surface area contributed by atoms with Crippen LogP contribution >= 0.6 is 0 Å². The summed E-state index contributed by atoms with van der Waals surface area (Å²) in [5.41, 5.74) is 0.965. The topological polar surface area (TPSA) is 40.5 Å². The first-order chi connectivity index (χ1) is 11.5. The van der Waals surface area contributed by atoms with Gasteiger partial charge in [-0.3, -0.25) is 0 Å². The molecule has 0 radical (unpaired) electrons. The fraction of sp³-hybridized carbons (Fsp3) is 0.667. The molecule has 0 saturated heterocycles. The summed E-state index contributed by atoms with van der Waals surface area (Å²) in [4.78, 5) is 0. The monoisotopic (exact) mass is 277 g/mol. The van der Waals surface area contributed by atoms with Crippen LogP contribution in [0.25, 0.3) is 0 Å². The minimum atomic E-state index is -2.09. The number of rotatable bonds is 0. The van der Waals surface area contributed by atoms with E-state index in [1.165, 1.54) is 0 Å². The van der Waals surface area contributed by atoms with Crippen LogP contribution in [0.4, 0.5) is 0 Å². The van der Waals surface area contributed by atoms with Crippen LogP contribution in [0.15, 0.2) is 18.2 Å². The van der Waals surface area contributed by atoms with Crippen LogP contribution < -0.4 is 0 Å². The summed E-state index contributed by atoms with van der Waals surface area (Å²) >= 11 is 0. The van der Waals surface area contributed by atoms with E-state index < -0.39 is 17.9 Å². The molecule has 0 bridgehead atoms. The van der Waals surface area contributed by atoms with Crippen LogP contribution in [0.3, 0.4) is 0 Å². The van der Waals surface area contributed by atoms with Crippen molar-refractivity contribution in [2.24, 2.45) is 17.3 Å². The van der Waals surface area contributed by atoms with E-state index in [0.29, 0.717) is 19.3 Å². The van der Waals surface area contributed by atoms with E-state index >= 15 is 0 Å². The van der Waals surface area contributed by atoms with Crippen molar-refractivity contribution in [2.75, 3.05) is 0 Å². The van der Waals surface area contributed by atoms with Crippen molar-refractivity contribution in [1.82, 2.24) is 0 Å². The van der Waals surface area contributed by atoms with Gasteiger partial charge in [-0.05, 0) is 84.9 Å². The Balaban J connectivity index is 1.79. The van der Waals surface area contributed by atoms with Crippen LogP contribution in [-0.4, -0.2) is 16.3 Å². The number of phenols is 1. The number of phenolic OH excluding ortho intramolecular Hbond substituents is 1. The van der Waals surface area contributed by atoms with Gasteiger partial charge in [0.1, 0.15) is 5.75 Å². The molecule has 1 aromatic rings. The summed E-state index contributed by atoms with van der Waals surface area (Å²) in [7, 11) is 0. The molecule has 0 spiro atoms. The van der Waals surface area contributed by atoms with Crippen molar-refractivity contribution in [2.45, 2.75) is 57.4 Å². The Morgan fingerprint density at radius 2 is 2.30 bits per heavy atom. The average molecular weight is 277 g/mol. The number of hydrogen-bond acceptors (Lipinski definition) is 2. The van der Waals surface area contributed by atoms with Crippen LogP contribution in [0, 0.1) is 17.3 Å². The fourth-order valence-electron chi connectivity index (χ4n) is 4.81. The highest BCUT2D eigenvalue weighted by Gasteiger charge is 2.54. The SMILES string of the molecule is [2H]c1cc2c(c([2H])c1O)CC[C@@H]1[C@@H]2CC[C@@]2(C)[C@H]1CC([2H])([2H])[C@]2([2H])O. The first-order valence-corrected chi connectivity index (χ1v) is 7.55. The van der Waals surface area contributed by atoms with Crippen LogP contribution in [-0.2, 0) is 6.42 Å². The minimum absolute atomic E-state index is 0.0310. The third kappa shape index (κ3) is 1.60. The van der Waals surface area contributed by atoms with Gasteiger partial charge in [-0.25, -0.2) is 0 Å². The third-order valence-electron chi connectivity index (χ3n) is 5.97. The van der Waals surface area contributed by atoms with Gasteiger partial charge >= 0.3 is 0 Å². The highest BCUT2D eigenvalue weighted by molar-refractivity contribution is 5.40. The van der Waals surface area contributed by atoms with Crippen LogP contribution in [0.5, 0.6) is 5.75 Å². The molecular weight excluding hydrogens is 248 g/mol. The van der Waals surface area contributed by atoms with Crippen molar-refractivity contribution < 1.29 is 17.1 Å². The molecular formula is C18H24O2. The standard InChI is InChI=1S/C18H24O2/c1-18-9-8-14-13-5-3-12(19)10-11(13)2-4-15(14)16(18)6-7-17(18)20/h3,5,10,14-17,19-20H,2,4,6-9H2,1H3/t14-,15-,16+,17+,18+/m1/s1/i3D,7D2,10D,17D. The minimum Gasteiger partial charge on any atom is -0.508 e. The lowest BCUT2D eigenvalue weighted by Gasteiger charge is -2.50. The summed E-state index contributed by atoms with van der Waals surface area (Å²) in [6, 6.07) is 1.68. The molecule has 2 nitrogen and oxygen atoms in total. The molecule has 20 heavy (non-hydrogen) atoms. The zero-order valence-corrected chi connectivity index (χ0v) is 11.7. The lowest BCUT2D eigenvalue weighted by atomic mass is 9.55. The van der Waals surface area contributed by atoms with Gasteiger partial charge in [0, 0.05) is 2.74 Å². The van der Waals surface area contributed by atoms with E-state index in [-0.39, 0.29) is 42.0 Å². The number of fused-ring (bicyclic) bond motifs is 5. The molecule has 0 amide bonds. The van der Waals surface area contributed by atoms with Crippen LogP contribution in [0.1, 0.15) is 62.9 Å². The quantitative estimate of drug-likeness (QED) is 0.760. The van der Waals surface area contributed by atoms with Gasteiger partial charge in [0.05, 0.1) is 10.2 Å². The maximum Gasteiger partial charge on any atom is 0.115 e. The number of aromatic hydroxyl groups is 1. The van der Waals surface area contributed by atoms with Gasteiger partial charge in [0.15, 0.2) is 0 Å².